The summed E-state index contributed by atoms with van der Waals surface area (Å²) >= 11 is 0. The molecular weight excluding hydrogens is 262 g/mol. The highest BCUT2D eigenvalue weighted by molar-refractivity contribution is 5.77. The second-order valence-corrected chi connectivity index (χ2v) is 6.11. The molecule has 1 aliphatic rings. The second-order valence-electron chi connectivity index (χ2n) is 6.11. The maximum atomic E-state index is 5.91. The molecule has 2 heterocycles. The number of hydrogen-bond donors (Lipinski definition) is 2. The van der Waals surface area contributed by atoms with E-state index in [9.17, 15) is 0 Å². The molecule has 0 unspecified atom stereocenters. The summed E-state index contributed by atoms with van der Waals surface area (Å²) < 4.78 is 0. The summed E-state index contributed by atoms with van der Waals surface area (Å²) in [5.41, 5.74) is 8.11. The fourth-order valence-corrected chi connectivity index (χ4v) is 2.43. The van der Waals surface area contributed by atoms with Gasteiger partial charge in [-0.1, -0.05) is 19.9 Å². The zero-order valence-electron chi connectivity index (χ0n) is 13.4. The van der Waals surface area contributed by atoms with Gasteiger partial charge in [-0.2, -0.15) is 0 Å². The lowest BCUT2D eigenvalue weighted by Gasteiger charge is -2.20. The Morgan fingerprint density at radius 1 is 1.38 bits per heavy atom. The van der Waals surface area contributed by atoms with Crippen LogP contribution in [0.3, 0.4) is 0 Å². The molecule has 1 saturated heterocycles. The van der Waals surface area contributed by atoms with Crippen LogP contribution in [0.15, 0.2) is 17.1 Å². The first-order chi connectivity index (χ1) is 10.1. The monoisotopic (exact) mass is 289 g/mol. The van der Waals surface area contributed by atoms with Gasteiger partial charge >= 0.3 is 0 Å². The molecule has 0 aliphatic carbocycles. The third-order valence-corrected chi connectivity index (χ3v) is 3.61. The van der Waals surface area contributed by atoms with Gasteiger partial charge in [-0.05, 0) is 31.7 Å². The van der Waals surface area contributed by atoms with Gasteiger partial charge in [0, 0.05) is 30.9 Å². The number of anilines is 1. The van der Waals surface area contributed by atoms with E-state index < -0.39 is 0 Å². The second kappa shape index (κ2) is 7.29. The number of guanidine groups is 1. The fraction of sp³-hybridized carbons (Fsp3) is 0.625. The summed E-state index contributed by atoms with van der Waals surface area (Å²) in [5.74, 6) is 2.14. The molecule has 0 radical (unpaired) electrons. The van der Waals surface area contributed by atoms with Crippen LogP contribution in [0.1, 0.15) is 37.9 Å². The van der Waals surface area contributed by atoms with E-state index >= 15 is 0 Å². The summed E-state index contributed by atoms with van der Waals surface area (Å²) in [6.07, 6.45) is 2.49. The number of aromatic nitrogens is 1. The molecule has 1 aromatic rings. The van der Waals surface area contributed by atoms with Crippen LogP contribution in [-0.4, -0.2) is 30.6 Å². The molecule has 2 rings (SSSR count). The Hall–Kier alpha value is -1.78. The van der Waals surface area contributed by atoms with E-state index in [1.54, 1.807) is 0 Å². The van der Waals surface area contributed by atoms with E-state index in [1.165, 1.54) is 12.8 Å². The highest BCUT2D eigenvalue weighted by Crippen LogP contribution is 2.23. The molecule has 1 aromatic heterocycles. The smallest absolute Gasteiger partial charge is 0.188 e. The summed E-state index contributed by atoms with van der Waals surface area (Å²) in [6, 6.07) is 4.16. The number of nitrogens with two attached hydrogens (primary N) is 1. The zero-order valence-corrected chi connectivity index (χ0v) is 13.4. The average Bonchev–Trinajstić information content (AvgIpc) is 2.97. The van der Waals surface area contributed by atoms with Crippen LogP contribution in [0, 0.1) is 12.8 Å². The van der Waals surface area contributed by atoms with Crippen molar-refractivity contribution in [2.24, 2.45) is 16.6 Å². The largest absolute Gasteiger partial charge is 0.370 e. The van der Waals surface area contributed by atoms with Crippen molar-refractivity contribution in [3.05, 3.63) is 23.4 Å². The van der Waals surface area contributed by atoms with Crippen molar-refractivity contribution in [3.63, 3.8) is 0 Å². The summed E-state index contributed by atoms with van der Waals surface area (Å²) in [4.78, 5) is 11.5. The number of aliphatic imine (C=N–C) groups is 1. The molecule has 1 aliphatic heterocycles. The average molecular weight is 289 g/mol. The van der Waals surface area contributed by atoms with E-state index in [4.69, 9.17) is 10.7 Å². The number of rotatable bonds is 5. The van der Waals surface area contributed by atoms with Gasteiger partial charge in [0.2, 0.25) is 0 Å². The van der Waals surface area contributed by atoms with Crippen LogP contribution < -0.4 is 16.0 Å². The lowest BCUT2D eigenvalue weighted by atomic mass is 10.2. The van der Waals surface area contributed by atoms with E-state index in [-0.39, 0.29) is 0 Å². The molecule has 116 valence electrons. The van der Waals surface area contributed by atoms with Crippen LogP contribution in [0.25, 0.3) is 0 Å². The first-order valence-electron chi connectivity index (χ1n) is 7.81. The van der Waals surface area contributed by atoms with Crippen LogP contribution in [0.4, 0.5) is 5.82 Å². The number of nitrogens with one attached hydrogen (secondary N) is 1. The number of aryl methyl sites for hydroxylation is 1. The molecular formula is C16H27N5. The van der Waals surface area contributed by atoms with Crippen LogP contribution >= 0.6 is 0 Å². The third kappa shape index (κ3) is 4.62. The van der Waals surface area contributed by atoms with Gasteiger partial charge < -0.3 is 16.0 Å². The van der Waals surface area contributed by atoms with Gasteiger partial charge in [-0.3, -0.25) is 0 Å². The Bertz CT molecular complexity index is 489. The summed E-state index contributed by atoms with van der Waals surface area (Å²) in [5, 5.41) is 3.15. The van der Waals surface area contributed by atoms with Crippen molar-refractivity contribution in [3.8, 4) is 0 Å². The van der Waals surface area contributed by atoms with E-state index in [0.717, 1.165) is 36.7 Å². The van der Waals surface area contributed by atoms with Gasteiger partial charge in [0.25, 0.3) is 0 Å². The molecule has 0 spiro atoms. The zero-order chi connectivity index (χ0) is 15.2. The molecule has 0 atom stereocenters. The van der Waals surface area contributed by atoms with E-state index in [1.807, 2.05) is 13.0 Å². The standard InChI is InChI=1S/C16H27N5/c1-12(2)10-18-16(17)19-11-14-7-6-13(3)20-15(14)21-8-4-5-9-21/h6-7,12H,4-5,8-11H2,1-3H3,(H3,17,18,19). The Balaban J connectivity index is 2.06. The van der Waals surface area contributed by atoms with Crippen molar-refractivity contribution < 1.29 is 0 Å². The first-order valence-corrected chi connectivity index (χ1v) is 7.81. The van der Waals surface area contributed by atoms with Gasteiger partial charge in [-0.25, -0.2) is 9.98 Å². The fourth-order valence-electron chi connectivity index (χ4n) is 2.43. The lowest BCUT2D eigenvalue weighted by molar-refractivity contribution is 0.622. The Kier molecular flexibility index (Phi) is 5.42. The quantitative estimate of drug-likeness (QED) is 0.643. The minimum atomic E-state index is 0.511. The van der Waals surface area contributed by atoms with Gasteiger partial charge in [0.15, 0.2) is 5.96 Å². The molecule has 0 bridgehead atoms. The molecule has 0 aromatic carbocycles. The molecule has 21 heavy (non-hydrogen) atoms. The molecule has 3 N–H and O–H groups in total. The molecule has 1 fully saturated rings. The Morgan fingerprint density at radius 2 is 2.10 bits per heavy atom. The molecule has 0 amide bonds. The molecule has 5 heteroatoms. The Labute approximate surface area is 127 Å². The minimum absolute atomic E-state index is 0.511. The molecule has 5 nitrogen and oxygen atoms in total. The van der Waals surface area contributed by atoms with E-state index in [0.29, 0.717) is 18.4 Å². The van der Waals surface area contributed by atoms with Crippen molar-refractivity contribution in [2.75, 3.05) is 24.5 Å². The van der Waals surface area contributed by atoms with Gasteiger partial charge in [-0.15, -0.1) is 0 Å². The van der Waals surface area contributed by atoms with Crippen LogP contribution in [-0.2, 0) is 6.54 Å². The predicted molar refractivity (Wildman–Crippen MR) is 88.6 cm³/mol. The minimum Gasteiger partial charge on any atom is -0.370 e. The highest BCUT2D eigenvalue weighted by Gasteiger charge is 2.17. The van der Waals surface area contributed by atoms with Crippen LogP contribution in [0.2, 0.25) is 0 Å². The number of pyridine rings is 1. The molecule has 0 saturated carbocycles. The normalized spacial score (nSPS) is 15.8. The maximum absolute atomic E-state index is 5.91. The predicted octanol–water partition coefficient (Wildman–Crippen LogP) is 2.05. The van der Waals surface area contributed by atoms with Crippen molar-refractivity contribution in [2.45, 2.75) is 40.2 Å². The summed E-state index contributed by atoms with van der Waals surface area (Å²) in [7, 11) is 0. The maximum Gasteiger partial charge on any atom is 0.188 e. The van der Waals surface area contributed by atoms with Crippen molar-refractivity contribution in [1.29, 1.82) is 0 Å². The van der Waals surface area contributed by atoms with Crippen molar-refractivity contribution in [1.82, 2.24) is 10.3 Å². The number of hydrogen-bond acceptors (Lipinski definition) is 3. The van der Waals surface area contributed by atoms with Crippen molar-refractivity contribution >= 4 is 11.8 Å². The first kappa shape index (κ1) is 15.6. The van der Waals surface area contributed by atoms with Gasteiger partial charge in [0.1, 0.15) is 5.82 Å². The lowest BCUT2D eigenvalue weighted by Crippen LogP contribution is -2.34. The number of nitrogens with zero attached hydrogens (tertiary/aromatic N) is 3. The van der Waals surface area contributed by atoms with E-state index in [2.05, 4.69) is 35.1 Å². The summed E-state index contributed by atoms with van der Waals surface area (Å²) in [6.45, 7) is 9.94. The third-order valence-electron chi connectivity index (χ3n) is 3.61. The van der Waals surface area contributed by atoms with Gasteiger partial charge in [0.05, 0.1) is 6.54 Å². The van der Waals surface area contributed by atoms with Crippen LogP contribution in [0.5, 0.6) is 0 Å². The SMILES string of the molecule is Cc1ccc(CN=C(N)NCC(C)C)c(N2CCCC2)n1. The topological polar surface area (TPSA) is 66.5 Å². The highest BCUT2D eigenvalue weighted by atomic mass is 15.2. The Morgan fingerprint density at radius 3 is 2.76 bits per heavy atom.